The Kier molecular flexibility index (Phi) is 4.46. The molecule has 1 fully saturated rings. The molecule has 3 aromatic rings. The maximum atomic E-state index is 4.74. The van der Waals surface area contributed by atoms with Gasteiger partial charge in [-0.15, -0.1) is 15.3 Å². The van der Waals surface area contributed by atoms with Crippen molar-refractivity contribution in [1.82, 2.24) is 39.7 Å². The molecule has 1 aliphatic heterocycles. The number of hydrogen-bond acceptors (Lipinski definition) is 8. The number of anilines is 1. The van der Waals surface area contributed by atoms with Crippen LogP contribution < -0.4 is 4.90 Å². The zero-order chi connectivity index (χ0) is 18.1. The predicted octanol–water partition coefficient (Wildman–Crippen LogP) is 0.989. The van der Waals surface area contributed by atoms with Crippen LogP contribution in [0.3, 0.4) is 0 Å². The fourth-order valence-electron chi connectivity index (χ4n) is 3.19. The van der Waals surface area contributed by atoms with Crippen molar-refractivity contribution in [2.45, 2.75) is 27.2 Å². The molecule has 0 atom stereocenters. The highest BCUT2D eigenvalue weighted by molar-refractivity contribution is 5.58. The Labute approximate surface area is 152 Å². The number of nitrogens with zero attached hydrogens (tertiary/aromatic N) is 9. The predicted molar refractivity (Wildman–Crippen MR) is 98.0 cm³/mol. The maximum absolute atomic E-state index is 4.74. The first-order chi connectivity index (χ1) is 12.7. The van der Waals surface area contributed by atoms with Crippen molar-refractivity contribution in [3.8, 4) is 11.4 Å². The third kappa shape index (κ3) is 2.98. The summed E-state index contributed by atoms with van der Waals surface area (Å²) in [5.41, 5.74) is 2.34. The van der Waals surface area contributed by atoms with Crippen LogP contribution in [0.2, 0.25) is 0 Å². The average Bonchev–Trinajstić information content (AvgIpc) is 3.13. The van der Waals surface area contributed by atoms with Gasteiger partial charge in [-0.05, 0) is 19.5 Å². The number of fused-ring (bicyclic) bond motifs is 1. The van der Waals surface area contributed by atoms with Gasteiger partial charge in [0.15, 0.2) is 5.82 Å². The van der Waals surface area contributed by atoms with Gasteiger partial charge in [-0.25, -0.2) is 9.97 Å². The van der Waals surface area contributed by atoms with Gasteiger partial charge in [-0.3, -0.25) is 0 Å². The molecule has 0 aromatic carbocycles. The Morgan fingerprint density at radius 1 is 1.04 bits per heavy atom. The second-order valence-corrected chi connectivity index (χ2v) is 6.39. The minimum absolute atomic E-state index is 0.521. The number of aromatic nitrogens is 7. The lowest BCUT2D eigenvalue weighted by atomic mass is 10.2. The lowest BCUT2D eigenvalue weighted by Gasteiger charge is -2.34. The standard InChI is InChI=1S/C17H23N9/c1-4-14-20-17-22-21-15(12(3)26(17)23-14)13-6-7-18-16(19-13)25-10-8-24(5-2)9-11-25/h6-7H,4-5,8-11H2,1-3H3. The van der Waals surface area contributed by atoms with Crippen LogP contribution in [-0.2, 0) is 6.42 Å². The summed E-state index contributed by atoms with van der Waals surface area (Å²) >= 11 is 0. The number of likely N-dealkylation sites (N-methyl/N-ethyl adjacent to an activating group) is 1. The summed E-state index contributed by atoms with van der Waals surface area (Å²) in [6.45, 7) is 11.2. The molecule has 4 heterocycles. The number of hydrogen-bond donors (Lipinski definition) is 0. The van der Waals surface area contributed by atoms with Crippen molar-refractivity contribution in [3.05, 3.63) is 23.8 Å². The molecule has 0 radical (unpaired) electrons. The molecule has 0 aliphatic carbocycles. The molecule has 0 saturated carbocycles. The van der Waals surface area contributed by atoms with Gasteiger partial charge >= 0.3 is 0 Å². The summed E-state index contributed by atoms with van der Waals surface area (Å²) in [6.07, 6.45) is 2.55. The van der Waals surface area contributed by atoms with Crippen LogP contribution in [0.25, 0.3) is 17.2 Å². The van der Waals surface area contributed by atoms with Crippen LogP contribution in [0.1, 0.15) is 25.4 Å². The Bertz CT molecular complexity index is 912. The second kappa shape index (κ2) is 6.91. The molecule has 4 rings (SSSR count). The van der Waals surface area contributed by atoms with E-state index < -0.39 is 0 Å². The van der Waals surface area contributed by atoms with Gasteiger partial charge in [0.05, 0.1) is 11.4 Å². The highest BCUT2D eigenvalue weighted by Gasteiger charge is 2.19. The van der Waals surface area contributed by atoms with Crippen LogP contribution >= 0.6 is 0 Å². The van der Waals surface area contributed by atoms with Crippen LogP contribution in [0.15, 0.2) is 12.3 Å². The summed E-state index contributed by atoms with van der Waals surface area (Å²) in [4.78, 5) is 18.2. The van der Waals surface area contributed by atoms with E-state index in [4.69, 9.17) is 4.98 Å². The summed E-state index contributed by atoms with van der Waals surface area (Å²) in [7, 11) is 0. The normalized spacial score (nSPS) is 15.7. The molecular formula is C17H23N9. The quantitative estimate of drug-likeness (QED) is 0.686. The number of piperazine rings is 1. The Morgan fingerprint density at radius 2 is 1.85 bits per heavy atom. The van der Waals surface area contributed by atoms with Crippen LogP contribution in [-0.4, -0.2) is 72.4 Å². The van der Waals surface area contributed by atoms with Crippen molar-refractivity contribution in [1.29, 1.82) is 0 Å². The second-order valence-electron chi connectivity index (χ2n) is 6.39. The van der Waals surface area contributed by atoms with Gasteiger partial charge in [0, 0.05) is 38.8 Å². The minimum Gasteiger partial charge on any atom is -0.338 e. The monoisotopic (exact) mass is 353 g/mol. The van der Waals surface area contributed by atoms with Crippen molar-refractivity contribution in [3.63, 3.8) is 0 Å². The van der Waals surface area contributed by atoms with Gasteiger partial charge in [0.2, 0.25) is 5.95 Å². The lowest BCUT2D eigenvalue weighted by molar-refractivity contribution is 0.270. The molecule has 0 N–H and O–H groups in total. The maximum Gasteiger partial charge on any atom is 0.272 e. The van der Waals surface area contributed by atoms with E-state index in [0.717, 1.165) is 62.3 Å². The van der Waals surface area contributed by atoms with Crippen molar-refractivity contribution in [2.24, 2.45) is 0 Å². The van der Waals surface area contributed by atoms with Crippen LogP contribution in [0.4, 0.5) is 5.95 Å². The fraction of sp³-hybridized carbons (Fsp3) is 0.529. The molecule has 136 valence electrons. The smallest absolute Gasteiger partial charge is 0.272 e. The minimum atomic E-state index is 0.521. The molecule has 1 saturated heterocycles. The van der Waals surface area contributed by atoms with E-state index >= 15 is 0 Å². The van der Waals surface area contributed by atoms with E-state index in [-0.39, 0.29) is 0 Å². The van der Waals surface area contributed by atoms with Crippen LogP contribution in [0.5, 0.6) is 0 Å². The molecule has 0 unspecified atom stereocenters. The first-order valence-electron chi connectivity index (χ1n) is 9.09. The zero-order valence-electron chi connectivity index (χ0n) is 15.4. The van der Waals surface area contributed by atoms with Crippen molar-refractivity contribution in [2.75, 3.05) is 37.6 Å². The van der Waals surface area contributed by atoms with E-state index in [9.17, 15) is 0 Å². The lowest BCUT2D eigenvalue weighted by Crippen LogP contribution is -2.46. The number of rotatable bonds is 4. The zero-order valence-corrected chi connectivity index (χ0v) is 15.4. The summed E-state index contributed by atoms with van der Waals surface area (Å²) in [5, 5.41) is 13.0. The van der Waals surface area contributed by atoms with E-state index in [2.05, 4.69) is 42.0 Å². The highest BCUT2D eigenvalue weighted by Crippen LogP contribution is 2.21. The molecule has 0 spiro atoms. The average molecular weight is 353 g/mol. The molecule has 0 amide bonds. The van der Waals surface area contributed by atoms with Gasteiger partial charge in [-0.2, -0.15) is 9.50 Å². The Hall–Kier alpha value is -2.68. The Morgan fingerprint density at radius 3 is 2.58 bits per heavy atom. The van der Waals surface area contributed by atoms with E-state index in [1.165, 1.54) is 0 Å². The molecule has 9 nitrogen and oxygen atoms in total. The molecule has 9 heteroatoms. The summed E-state index contributed by atoms with van der Waals surface area (Å²) in [6, 6.07) is 1.87. The third-order valence-electron chi connectivity index (χ3n) is 4.84. The summed E-state index contributed by atoms with van der Waals surface area (Å²) < 4.78 is 1.74. The van der Waals surface area contributed by atoms with E-state index in [1.54, 1.807) is 10.7 Å². The Balaban J connectivity index is 1.66. The highest BCUT2D eigenvalue weighted by atomic mass is 15.4. The molecular weight excluding hydrogens is 330 g/mol. The van der Waals surface area contributed by atoms with Crippen molar-refractivity contribution >= 4 is 11.7 Å². The van der Waals surface area contributed by atoms with Gasteiger partial charge in [0.25, 0.3) is 5.78 Å². The largest absolute Gasteiger partial charge is 0.338 e. The van der Waals surface area contributed by atoms with E-state index in [0.29, 0.717) is 11.5 Å². The van der Waals surface area contributed by atoms with Crippen LogP contribution in [0, 0.1) is 6.92 Å². The van der Waals surface area contributed by atoms with Gasteiger partial charge < -0.3 is 9.80 Å². The first-order valence-corrected chi connectivity index (χ1v) is 9.09. The molecule has 26 heavy (non-hydrogen) atoms. The van der Waals surface area contributed by atoms with Gasteiger partial charge in [0.1, 0.15) is 5.69 Å². The van der Waals surface area contributed by atoms with E-state index in [1.807, 2.05) is 19.9 Å². The molecule has 0 bridgehead atoms. The SMILES string of the molecule is CCc1nc2nnc(-c3ccnc(N4CCN(CC)CC4)n3)c(C)n2n1. The number of aryl methyl sites for hydroxylation is 2. The summed E-state index contributed by atoms with van der Waals surface area (Å²) in [5.74, 6) is 2.03. The third-order valence-corrected chi connectivity index (χ3v) is 4.84. The van der Waals surface area contributed by atoms with Crippen molar-refractivity contribution < 1.29 is 0 Å². The topological polar surface area (TPSA) is 88.2 Å². The molecule has 1 aliphatic rings. The first kappa shape index (κ1) is 16.8. The van der Waals surface area contributed by atoms with Gasteiger partial charge in [-0.1, -0.05) is 13.8 Å². The molecule has 3 aromatic heterocycles. The fourth-order valence-corrected chi connectivity index (χ4v) is 3.19.